The molecule has 54 valence electrons. The molecule has 0 fully saturated rings. The predicted octanol–water partition coefficient (Wildman–Crippen LogP) is 1.44. The van der Waals surface area contributed by atoms with Crippen LogP contribution in [0.4, 0.5) is 0 Å². The van der Waals surface area contributed by atoms with Gasteiger partial charge in [0.15, 0.2) is 0 Å². The van der Waals surface area contributed by atoms with Crippen molar-refractivity contribution < 1.29 is 14.9 Å². The first-order valence-electron chi connectivity index (χ1n) is 3.07. The Kier molecular flexibility index (Phi) is 4.05. The maximum atomic E-state index is 10.4. The molecule has 0 aliphatic carbocycles. The summed E-state index contributed by atoms with van der Waals surface area (Å²) in [6, 6.07) is 0. The summed E-state index contributed by atoms with van der Waals surface area (Å²) >= 11 is 0. The Morgan fingerprint density at radius 3 is 2.67 bits per heavy atom. The molecule has 9 heavy (non-hydrogen) atoms. The summed E-state index contributed by atoms with van der Waals surface area (Å²) in [5, 5.41) is 7.88. The van der Waals surface area contributed by atoms with E-state index < -0.39 is 5.97 Å². The van der Waals surface area contributed by atoms with Gasteiger partial charge < -0.3 is 4.89 Å². The van der Waals surface area contributed by atoms with E-state index in [-0.39, 0.29) is 5.92 Å². The van der Waals surface area contributed by atoms with E-state index in [4.69, 9.17) is 5.26 Å². The first kappa shape index (κ1) is 8.43. The first-order valence-corrected chi connectivity index (χ1v) is 3.07. The summed E-state index contributed by atoms with van der Waals surface area (Å²) in [7, 11) is 0. The fraction of sp³-hybridized carbons (Fsp3) is 0.833. The zero-order valence-electron chi connectivity index (χ0n) is 5.76. The Bertz CT molecular complexity index is 90.3. The van der Waals surface area contributed by atoms with Crippen LogP contribution in [0.3, 0.4) is 0 Å². The van der Waals surface area contributed by atoms with Crippen molar-refractivity contribution in [1.29, 1.82) is 0 Å². The molecule has 0 unspecified atom stereocenters. The van der Waals surface area contributed by atoms with Crippen LogP contribution in [-0.4, -0.2) is 11.2 Å². The highest BCUT2D eigenvalue weighted by molar-refractivity contribution is 5.71. The maximum absolute atomic E-state index is 10.4. The smallest absolute Gasteiger partial charge is 0.301 e. The molecular weight excluding hydrogens is 120 g/mol. The SMILES string of the molecule is CCC[C@@H](C)C(=O)OO. The molecular formula is C6H12O3. The minimum absolute atomic E-state index is 0.181. The number of carbonyl (C=O) groups excluding carboxylic acids is 1. The van der Waals surface area contributed by atoms with E-state index in [2.05, 4.69) is 4.89 Å². The second-order valence-corrected chi connectivity index (χ2v) is 2.10. The van der Waals surface area contributed by atoms with Crippen molar-refractivity contribution in [1.82, 2.24) is 0 Å². The number of rotatable bonds is 3. The molecule has 3 nitrogen and oxygen atoms in total. The Hall–Kier alpha value is -0.570. The molecule has 0 radical (unpaired) electrons. The van der Waals surface area contributed by atoms with Crippen LogP contribution >= 0.6 is 0 Å². The Labute approximate surface area is 54.6 Å². The van der Waals surface area contributed by atoms with Crippen LogP contribution in [0.25, 0.3) is 0 Å². The van der Waals surface area contributed by atoms with Gasteiger partial charge in [-0.1, -0.05) is 20.3 Å². The summed E-state index contributed by atoms with van der Waals surface area (Å²) in [4.78, 5) is 14.0. The minimum atomic E-state index is -0.545. The molecule has 1 atom stereocenters. The van der Waals surface area contributed by atoms with Gasteiger partial charge in [0, 0.05) is 0 Å². The topological polar surface area (TPSA) is 46.5 Å². The largest absolute Gasteiger partial charge is 0.344 e. The van der Waals surface area contributed by atoms with Crippen molar-refractivity contribution in [3.8, 4) is 0 Å². The molecule has 0 spiro atoms. The van der Waals surface area contributed by atoms with Crippen LogP contribution in [0, 0.1) is 5.92 Å². The summed E-state index contributed by atoms with van der Waals surface area (Å²) in [6.45, 7) is 3.70. The number of hydrogen-bond acceptors (Lipinski definition) is 3. The van der Waals surface area contributed by atoms with Gasteiger partial charge in [0.25, 0.3) is 0 Å². The van der Waals surface area contributed by atoms with Gasteiger partial charge in [-0.25, -0.2) is 4.79 Å². The second-order valence-electron chi connectivity index (χ2n) is 2.10. The predicted molar refractivity (Wildman–Crippen MR) is 32.8 cm³/mol. The molecule has 0 bridgehead atoms. The van der Waals surface area contributed by atoms with Gasteiger partial charge in [-0.05, 0) is 6.42 Å². The molecule has 3 heteroatoms. The summed E-state index contributed by atoms with van der Waals surface area (Å²) in [5.41, 5.74) is 0. The fourth-order valence-electron chi connectivity index (χ4n) is 0.641. The Morgan fingerprint density at radius 2 is 2.33 bits per heavy atom. The summed E-state index contributed by atoms with van der Waals surface area (Å²) < 4.78 is 0. The van der Waals surface area contributed by atoms with Gasteiger partial charge in [0.05, 0.1) is 5.92 Å². The fourth-order valence-corrected chi connectivity index (χ4v) is 0.641. The van der Waals surface area contributed by atoms with E-state index in [0.717, 1.165) is 12.8 Å². The number of carbonyl (C=O) groups is 1. The normalized spacial score (nSPS) is 12.8. The van der Waals surface area contributed by atoms with Crippen molar-refractivity contribution in [2.24, 2.45) is 5.92 Å². The van der Waals surface area contributed by atoms with Crippen LogP contribution in [0.1, 0.15) is 26.7 Å². The maximum Gasteiger partial charge on any atom is 0.344 e. The lowest BCUT2D eigenvalue weighted by atomic mass is 10.1. The standard InChI is InChI=1S/C6H12O3/c1-3-4-5(2)6(7)9-8/h5,8H,3-4H2,1-2H3/t5-/m1/s1. The van der Waals surface area contributed by atoms with Crippen LogP contribution in [0.2, 0.25) is 0 Å². The zero-order chi connectivity index (χ0) is 7.28. The third-order valence-corrected chi connectivity index (χ3v) is 1.21. The van der Waals surface area contributed by atoms with Crippen LogP contribution in [-0.2, 0) is 9.68 Å². The molecule has 0 aliphatic rings. The van der Waals surface area contributed by atoms with Crippen LogP contribution < -0.4 is 0 Å². The molecule has 0 amide bonds. The Balaban J connectivity index is 3.45. The molecule has 0 aromatic carbocycles. The lowest BCUT2D eigenvalue weighted by Crippen LogP contribution is -2.12. The number of hydrogen-bond donors (Lipinski definition) is 1. The lowest BCUT2D eigenvalue weighted by Gasteiger charge is -2.02. The van der Waals surface area contributed by atoms with Gasteiger partial charge in [-0.3, -0.25) is 0 Å². The molecule has 0 saturated carbocycles. The van der Waals surface area contributed by atoms with Crippen molar-refractivity contribution >= 4 is 5.97 Å². The molecule has 0 rings (SSSR count). The highest BCUT2D eigenvalue weighted by Crippen LogP contribution is 2.05. The Morgan fingerprint density at radius 1 is 1.78 bits per heavy atom. The average Bonchev–Trinajstić information content (AvgIpc) is 1.87. The highest BCUT2D eigenvalue weighted by atomic mass is 17.1. The van der Waals surface area contributed by atoms with Gasteiger partial charge in [-0.15, -0.1) is 0 Å². The van der Waals surface area contributed by atoms with Crippen molar-refractivity contribution in [3.63, 3.8) is 0 Å². The molecule has 0 saturated heterocycles. The van der Waals surface area contributed by atoms with Gasteiger partial charge in [-0.2, -0.15) is 5.26 Å². The third kappa shape index (κ3) is 3.08. The molecule has 0 aliphatic heterocycles. The third-order valence-electron chi connectivity index (χ3n) is 1.21. The van der Waals surface area contributed by atoms with E-state index >= 15 is 0 Å². The van der Waals surface area contributed by atoms with Crippen LogP contribution in [0.15, 0.2) is 0 Å². The molecule has 0 heterocycles. The zero-order valence-corrected chi connectivity index (χ0v) is 5.76. The first-order chi connectivity index (χ1) is 4.22. The monoisotopic (exact) mass is 132 g/mol. The molecule has 1 N–H and O–H groups in total. The summed E-state index contributed by atoms with van der Waals surface area (Å²) in [5.74, 6) is -0.725. The van der Waals surface area contributed by atoms with E-state index in [1.165, 1.54) is 0 Å². The van der Waals surface area contributed by atoms with Gasteiger partial charge in [0.1, 0.15) is 0 Å². The summed E-state index contributed by atoms with van der Waals surface area (Å²) in [6.07, 6.45) is 1.69. The average molecular weight is 132 g/mol. The minimum Gasteiger partial charge on any atom is -0.301 e. The highest BCUT2D eigenvalue weighted by Gasteiger charge is 2.11. The second kappa shape index (κ2) is 4.32. The molecule has 0 aromatic rings. The van der Waals surface area contributed by atoms with Gasteiger partial charge >= 0.3 is 5.97 Å². The van der Waals surface area contributed by atoms with Crippen molar-refractivity contribution in [2.75, 3.05) is 0 Å². The van der Waals surface area contributed by atoms with Crippen molar-refractivity contribution in [2.45, 2.75) is 26.7 Å². The van der Waals surface area contributed by atoms with E-state index in [1.807, 2.05) is 6.92 Å². The van der Waals surface area contributed by atoms with E-state index in [0.29, 0.717) is 0 Å². The van der Waals surface area contributed by atoms with Crippen LogP contribution in [0.5, 0.6) is 0 Å². The van der Waals surface area contributed by atoms with E-state index in [9.17, 15) is 4.79 Å². The van der Waals surface area contributed by atoms with Crippen molar-refractivity contribution in [3.05, 3.63) is 0 Å². The quantitative estimate of drug-likeness (QED) is 0.467. The molecule has 0 aromatic heterocycles. The van der Waals surface area contributed by atoms with Gasteiger partial charge in [0.2, 0.25) is 0 Å². The lowest BCUT2D eigenvalue weighted by molar-refractivity contribution is -0.238. The van der Waals surface area contributed by atoms with E-state index in [1.54, 1.807) is 6.92 Å².